The van der Waals surface area contributed by atoms with Crippen LogP contribution in [0, 0.1) is 0 Å². The number of thioether (sulfide) groups is 1. The standard InChI is InChI=1S/C17H14N4O3S2/c18-16(23)13-7-21(11-3-1-2-4-12(11)24-13)14(22)8-26-17-15-10(5-6-25-15)19-9-20-17/h1-6,9,13H,7-8H2,(H2,18,23). The molecule has 9 heteroatoms. The number of para-hydroxylation sites is 2. The minimum Gasteiger partial charge on any atom is -0.477 e. The van der Waals surface area contributed by atoms with E-state index >= 15 is 0 Å². The normalized spacial score (nSPS) is 16.2. The zero-order chi connectivity index (χ0) is 18.1. The molecule has 132 valence electrons. The van der Waals surface area contributed by atoms with Crippen molar-refractivity contribution in [1.29, 1.82) is 0 Å². The number of hydrogen-bond acceptors (Lipinski definition) is 7. The molecule has 1 aliphatic rings. The number of thiophene rings is 1. The number of amides is 2. The summed E-state index contributed by atoms with van der Waals surface area (Å²) >= 11 is 2.89. The zero-order valence-electron chi connectivity index (χ0n) is 13.5. The zero-order valence-corrected chi connectivity index (χ0v) is 15.1. The van der Waals surface area contributed by atoms with Gasteiger partial charge in [-0.3, -0.25) is 9.59 Å². The van der Waals surface area contributed by atoms with Gasteiger partial charge in [-0.1, -0.05) is 23.9 Å². The predicted molar refractivity (Wildman–Crippen MR) is 101 cm³/mol. The number of nitrogens with zero attached hydrogens (tertiary/aromatic N) is 3. The van der Waals surface area contributed by atoms with Gasteiger partial charge in [0.25, 0.3) is 5.91 Å². The summed E-state index contributed by atoms with van der Waals surface area (Å²) in [5.74, 6) is -0.0749. The maximum Gasteiger partial charge on any atom is 0.260 e. The van der Waals surface area contributed by atoms with Crippen LogP contribution in [0.1, 0.15) is 0 Å². The molecule has 2 N–H and O–H groups in total. The van der Waals surface area contributed by atoms with E-state index < -0.39 is 12.0 Å². The molecule has 0 fully saturated rings. The number of ether oxygens (including phenoxy) is 1. The summed E-state index contributed by atoms with van der Waals surface area (Å²) in [5, 5.41) is 2.72. The van der Waals surface area contributed by atoms with E-state index in [1.807, 2.05) is 17.5 Å². The Labute approximate surface area is 157 Å². The third-order valence-corrected chi connectivity index (χ3v) is 5.95. The smallest absolute Gasteiger partial charge is 0.260 e. The summed E-state index contributed by atoms with van der Waals surface area (Å²) in [6, 6.07) is 9.03. The molecule has 0 spiro atoms. The fourth-order valence-electron chi connectivity index (χ4n) is 2.70. The second-order valence-electron chi connectivity index (χ2n) is 5.58. The molecule has 3 heterocycles. The van der Waals surface area contributed by atoms with Crippen molar-refractivity contribution in [1.82, 2.24) is 9.97 Å². The summed E-state index contributed by atoms with van der Waals surface area (Å²) in [6.45, 7) is 0.101. The first-order valence-corrected chi connectivity index (χ1v) is 9.66. The van der Waals surface area contributed by atoms with Crippen LogP contribution in [0.15, 0.2) is 47.1 Å². The van der Waals surface area contributed by atoms with Gasteiger partial charge in [0.05, 0.1) is 28.2 Å². The van der Waals surface area contributed by atoms with E-state index in [1.54, 1.807) is 34.4 Å². The van der Waals surface area contributed by atoms with Crippen molar-refractivity contribution in [2.45, 2.75) is 11.1 Å². The number of rotatable bonds is 4. The maximum atomic E-state index is 12.8. The minimum absolute atomic E-state index is 0.101. The van der Waals surface area contributed by atoms with Crippen LogP contribution < -0.4 is 15.4 Å². The van der Waals surface area contributed by atoms with Crippen LogP contribution in [-0.2, 0) is 9.59 Å². The molecule has 0 bridgehead atoms. The molecule has 0 aliphatic carbocycles. The molecule has 4 rings (SSSR count). The van der Waals surface area contributed by atoms with Gasteiger partial charge in [0.15, 0.2) is 6.10 Å². The average Bonchev–Trinajstić information content (AvgIpc) is 3.14. The third-order valence-electron chi connectivity index (χ3n) is 3.93. The molecule has 7 nitrogen and oxygen atoms in total. The van der Waals surface area contributed by atoms with E-state index in [2.05, 4.69) is 9.97 Å². The van der Waals surface area contributed by atoms with Crippen LogP contribution in [0.25, 0.3) is 10.2 Å². The first kappa shape index (κ1) is 16.8. The topological polar surface area (TPSA) is 98.4 Å². The Balaban J connectivity index is 1.55. The number of primary amides is 1. The van der Waals surface area contributed by atoms with Crippen LogP contribution in [0.5, 0.6) is 5.75 Å². The van der Waals surface area contributed by atoms with Crippen molar-refractivity contribution in [2.24, 2.45) is 5.73 Å². The Morgan fingerprint density at radius 2 is 2.15 bits per heavy atom. The van der Waals surface area contributed by atoms with E-state index in [0.29, 0.717) is 11.4 Å². The second kappa shape index (κ2) is 6.93. The predicted octanol–water partition coefficient (Wildman–Crippen LogP) is 2.06. The molecule has 26 heavy (non-hydrogen) atoms. The third kappa shape index (κ3) is 3.11. The number of carbonyl (C=O) groups excluding carboxylic acids is 2. The van der Waals surface area contributed by atoms with Gasteiger partial charge in [0.1, 0.15) is 17.1 Å². The fraction of sp³-hybridized carbons (Fsp3) is 0.176. The van der Waals surface area contributed by atoms with E-state index in [9.17, 15) is 9.59 Å². The largest absolute Gasteiger partial charge is 0.477 e. The van der Waals surface area contributed by atoms with Crippen molar-refractivity contribution >= 4 is 50.8 Å². The van der Waals surface area contributed by atoms with Gasteiger partial charge in [0.2, 0.25) is 5.91 Å². The molecule has 1 unspecified atom stereocenters. The van der Waals surface area contributed by atoms with Crippen molar-refractivity contribution < 1.29 is 14.3 Å². The maximum absolute atomic E-state index is 12.8. The highest BCUT2D eigenvalue weighted by Crippen LogP contribution is 2.34. The van der Waals surface area contributed by atoms with Crippen LogP contribution in [0.4, 0.5) is 5.69 Å². The molecule has 0 saturated heterocycles. The molecule has 1 atom stereocenters. The molecular weight excluding hydrogens is 372 g/mol. The van der Waals surface area contributed by atoms with Crippen LogP contribution >= 0.6 is 23.1 Å². The van der Waals surface area contributed by atoms with E-state index in [1.165, 1.54) is 18.1 Å². The number of nitrogens with two attached hydrogens (primary N) is 1. The monoisotopic (exact) mass is 386 g/mol. The van der Waals surface area contributed by atoms with Gasteiger partial charge >= 0.3 is 0 Å². The van der Waals surface area contributed by atoms with Crippen LogP contribution in [-0.4, -0.2) is 40.2 Å². The minimum atomic E-state index is -0.859. The summed E-state index contributed by atoms with van der Waals surface area (Å²) in [4.78, 5) is 34.4. The molecule has 1 aromatic carbocycles. The lowest BCUT2D eigenvalue weighted by Gasteiger charge is -2.33. The lowest BCUT2D eigenvalue weighted by Crippen LogP contribution is -2.49. The quantitative estimate of drug-likeness (QED) is 0.544. The molecule has 0 radical (unpaired) electrons. The van der Waals surface area contributed by atoms with Crippen LogP contribution in [0.3, 0.4) is 0 Å². The van der Waals surface area contributed by atoms with Crippen LogP contribution in [0.2, 0.25) is 0 Å². The molecule has 2 amide bonds. The number of hydrogen-bond donors (Lipinski definition) is 1. The Bertz CT molecular complexity index is 991. The second-order valence-corrected chi connectivity index (χ2v) is 7.46. The molecule has 1 aliphatic heterocycles. The van der Waals surface area contributed by atoms with Gasteiger partial charge in [-0.15, -0.1) is 11.3 Å². The Kier molecular flexibility index (Phi) is 4.48. The molecular formula is C17H14N4O3S2. The summed E-state index contributed by atoms with van der Waals surface area (Å²) in [6.07, 6.45) is 0.636. The molecule has 2 aromatic heterocycles. The molecule has 0 saturated carbocycles. The van der Waals surface area contributed by atoms with Gasteiger partial charge in [-0.2, -0.15) is 0 Å². The Morgan fingerprint density at radius 1 is 1.31 bits per heavy atom. The summed E-state index contributed by atoms with van der Waals surface area (Å²) < 4.78 is 6.55. The lowest BCUT2D eigenvalue weighted by molar-refractivity contribution is -0.125. The van der Waals surface area contributed by atoms with Crippen molar-refractivity contribution in [3.8, 4) is 5.75 Å². The summed E-state index contributed by atoms with van der Waals surface area (Å²) in [7, 11) is 0. The van der Waals surface area contributed by atoms with Gasteiger partial charge < -0.3 is 15.4 Å². The fourth-order valence-corrected chi connectivity index (χ4v) is 4.52. The lowest BCUT2D eigenvalue weighted by atomic mass is 10.2. The van der Waals surface area contributed by atoms with E-state index in [0.717, 1.165) is 15.2 Å². The van der Waals surface area contributed by atoms with Gasteiger partial charge in [-0.05, 0) is 23.6 Å². The highest BCUT2D eigenvalue weighted by Gasteiger charge is 2.32. The number of carbonyl (C=O) groups is 2. The number of anilines is 1. The Hall–Kier alpha value is -2.65. The number of fused-ring (bicyclic) bond motifs is 2. The average molecular weight is 386 g/mol. The Morgan fingerprint density at radius 3 is 3.00 bits per heavy atom. The van der Waals surface area contributed by atoms with Crippen molar-refractivity contribution in [3.63, 3.8) is 0 Å². The highest BCUT2D eigenvalue weighted by molar-refractivity contribution is 8.00. The number of benzene rings is 1. The van der Waals surface area contributed by atoms with Gasteiger partial charge in [-0.25, -0.2) is 9.97 Å². The first-order chi connectivity index (χ1) is 12.6. The first-order valence-electron chi connectivity index (χ1n) is 7.80. The summed E-state index contributed by atoms with van der Waals surface area (Å²) in [5.41, 5.74) is 6.88. The number of aromatic nitrogens is 2. The highest BCUT2D eigenvalue weighted by atomic mass is 32.2. The van der Waals surface area contributed by atoms with Gasteiger partial charge in [0, 0.05) is 0 Å². The van der Waals surface area contributed by atoms with Crippen molar-refractivity contribution in [2.75, 3.05) is 17.2 Å². The van der Waals surface area contributed by atoms with Crippen molar-refractivity contribution in [3.05, 3.63) is 42.0 Å². The molecule has 3 aromatic rings. The van der Waals surface area contributed by atoms with E-state index in [-0.39, 0.29) is 18.2 Å². The SMILES string of the molecule is NC(=O)C1CN(C(=O)CSc2ncnc3ccsc23)c2ccccc2O1. The van der Waals surface area contributed by atoms with E-state index in [4.69, 9.17) is 10.5 Å².